The largest absolute Gasteiger partial charge is 0.484 e. The van der Waals surface area contributed by atoms with E-state index >= 15 is 0 Å². The SMILES string of the molecule is CN=C(NCc1ccc(C)cc1OCC(F)(F)F)NCc1nc2ccccc2n1C. The lowest BCUT2D eigenvalue weighted by Gasteiger charge is -2.16. The van der Waals surface area contributed by atoms with Gasteiger partial charge < -0.3 is 19.9 Å². The number of rotatable bonds is 6. The van der Waals surface area contributed by atoms with Gasteiger partial charge in [0.25, 0.3) is 0 Å². The number of nitrogens with one attached hydrogen (secondary N) is 2. The number of nitrogens with zero attached hydrogens (tertiary/aromatic N) is 3. The molecule has 0 aliphatic heterocycles. The van der Waals surface area contributed by atoms with Crippen molar-refractivity contribution in [3.63, 3.8) is 0 Å². The van der Waals surface area contributed by atoms with Crippen LogP contribution in [0.25, 0.3) is 11.0 Å². The molecule has 0 aliphatic rings. The number of aliphatic imine (C=N–C) groups is 1. The van der Waals surface area contributed by atoms with Crippen molar-refractivity contribution in [3.05, 3.63) is 59.4 Å². The predicted octanol–water partition coefficient (Wildman–Crippen LogP) is 3.69. The summed E-state index contributed by atoms with van der Waals surface area (Å²) >= 11 is 0. The Morgan fingerprint density at radius 2 is 1.87 bits per heavy atom. The van der Waals surface area contributed by atoms with Gasteiger partial charge in [-0.15, -0.1) is 0 Å². The third-order valence-corrected chi connectivity index (χ3v) is 4.58. The molecule has 0 spiro atoms. The minimum Gasteiger partial charge on any atom is -0.484 e. The van der Waals surface area contributed by atoms with E-state index in [0.717, 1.165) is 22.4 Å². The molecule has 2 N–H and O–H groups in total. The summed E-state index contributed by atoms with van der Waals surface area (Å²) in [5.74, 6) is 1.54. The van der Waals surface area contributed by atoms with Crippen molar-refractivity contribution < 1.29 is 17.9 Å². The molecular weight excluding hydrogens is 395 g/mol. The standard InChI is InChI=1S/C21H24F3N5O/c1-14-8-9-15(18(10-14)30-13-21(22,23)24)11-26-20(25-2)27-12-19-28-16-6-4-5-7-17(16)29(19)3/h4-10H,11-13H2,1-3H3,(H2,25,26,27). The molecule has 0 unspecified atom stereocenters. The molecule has 0 fully saturated rings. The van der Waals surface area contributed by atoms with Crippen molar-refractivity contribution in [1.82, 2.24) is 20.2 Å². The lowest BCUT2D eigenvalue weighted by atomic mass is 10.1. The van der Waals surface area contributed by atoms with Crippen LogP contribution in [0.1, 0.15) is 17.0 Å². The van der Waals surface area contributed by atoms with Crippen LogP contribution < -0.4 is 15.4 Å². The molecule has 0 bridgehead atoms. The number of aryl methyl sites for hydroxylation is 2. The third-order valence-electron chi connectivity index (χ3n) is 4.58. The Morgan fingerprint density at radius 1 is 1.13 bits per heavy atom. The molecule has 0 aliphatic carbocycles. The van der Waals surface area contributed by atoms with Gasteiger partial charge in [-0.25, -0.2) is 4.98 Å². The van der Waals surface area contributed by atoms with Crippen LogP contribution in [0.3, 0.4) is 0 Å². The molecule has 3 aromatic rings. The maximum absolute atomic E-state index is 12.5. The molecule has 3 rings (SSSR count). The van der Waals surface area contributed by atoms with E-state index in [1.807, 2.05) is 41.9 Å². The smallest absolute Gasteiger partial charge is 0.422 e. The molecule has 1 heterocycles. The Kier molecular flexibility index (Phi) is 6.49. The van der Waals surface area contributed by atoms with Crippen molar-refractivity contribution in [2.75, 3.05) is 13.7 Å². The minimum absolute atomic E-state index is 0.200. The molecule has 0 amide bonds. The van der Waals surface area contributed by atoms with E-state index in [0.29, 0.717) is 18.1 Å². The highest BCUT2D eigenvalue weighted by molar-refractivity contribution is 5.80. The van der Waals surface area contributed by atoms with Crippen LogP contribution in [0, 0.1) is 6.92 Å². The fourth-order valence-corrected chi connectivity index (χ4v) is 3.02. The molecule has 160 valence electrons. The zero-order valence-corrected chi connectivity index (χ0v) is 17.0. The van der Waals surface area contributed by atoms with E-state index in [1.165, 1.54) is 0 Å². The maximum atomic E-state index is 12.5. The number of guanidine groups is 1. The number of ether oxygens (including phenoxy) is 1. The van der Waals surface area contributed by atoms with Gasteiger partial charge in [-0.05, 0) is 30.7 Å². The number of para-hydroxylation sites is 2. The van der Waals surface area contributed by atoms with Crippen LogP contribution >= 0.6 is 0 Å². The number of hydrogen-bond donors (Lipinski definition) is 2. The molecule has 6 nitrogen and oxygen atoms in total. The molecule has 0 saturated carbocycles. The molecule has 0 saturated heterocycles. The summed E-state index contributed by atoms with van der Waals surface area (Å²) in [7, 11) is 3.57. The first-order valence-electron chi connectivity index (χ1n) is 9.41. The van der Waals surface area contributed by atoms with Gasteiger partial charge in [-0.3, -0.25) is 4.99 Å². The summed E-state index contributed by atoms with van der Waals surface area (Å²) in [5, 5.41) is 6.29. The number of benzene rings is 2. The highest BCUT2D eigenvalue weighted by atomic mass is 19.4. The van der Waals surface area contributed by atoms with Gasteiger partial charge >= 0.3 is 6.18 Å². The number of hydrogen-bond acceptors (Lipinski definition) is 3. The molecule has 0 radical (unpaired) electrons. The van der Waals surface area contributed by atoms with Crippen molar-refractivity contribution in [2.45, 2.75) is 26.2 Å². The first-order chi connectivity index (χ1) is 14.3. The second kappa shape index (κ2) is 9.06. The summed E-state index contributed by atoms with van der Waals surface area (Å²) in [6, 6.07) is 13.0. The van der Waals surface area contributed by atoms with Crippen molar-refractivity contribution in [3.8, 4) is 5.75 Å². The van der Waals surface area contributed by atoms with E-state index in [1.54, 1.807) is 26.1 Å². The van der Waals surface area contributed by atoms with Crippen molar-refractivity contribution in [2.24, 2.45) is 12.0 Å². The lowest BCUT2D eigenvalue weighted by Crippen LogP contribution is -2.37. The van der Waals surface area contributed by atoms with Crippen molar-refractivity contribution >= 4 is 17.0 Å². The first kappa shape index (κ1) is 21.5. The van der Waals surface area contributed by atoms with Gasteiger partial charge in [0.1, 0.15) is 11.6 Å². The summed E-state index contributed by atoms with van der Waals surface area (Å²) in [6.45, 7) is 1.17. The second-order valence-corrected chi connectivity index (χ2v) is 6.87. The summed E-state index contributed by atoms with van der Waals surface area (Å²) < 4.78 is 44.6. The van der Waals surface area contributed by atoms with Crippen LogP contribution in [-0.4, -0.2) is 35.3 Å². The van der Waals surface area contributed by atoms with E-state index in [2.05, 4.69) is 20.6 Å². The number of imidazole rings is 1. The molecular formula is C21H24F3N5O. The van der Waals surface area contributed by atoms with Crippen LogP contribution in [0.5, 0.6) is 5.75 Å². The first-order valence-corrected chi connectivity index (χ1v) is 9.41. The zero-order chi connectivity index (χ0) is 21.7. The minimum atomic E-state index is -4.39. The Labute approximate surface area is 172 Å². The number of halogens is 3. The predicted molar refractivity (Wildman–Crippen MR) is 110 cm³/mol. The Balaban J connectivity index is 1.63. The molecule has 1 aromatic heterocycles. The average molecular weight is 419 g/mol. The zero-order valence-electron chi connectivity index (χ0n) is 17.0. The molecule has 9 heteroatoms. The second-order valence-electron chi connectivity index (χ2n) is 6.87. The Hall–Kier alpha value is -3.23. The summed E-state index contributed by atoms with van der Waals surface area (Å²) in [6.07, 6.45) is -4.39. The van der Waals surface area contributed by atoms with Crippen LogP contribution in [-0.2, 0) is 20.1 Å². The average Bonchev–Trinajstić information content (AvgIpc) is 3.03. The van der Waals surface area contributed by atoms with E-state index in [9.17, 15) is 13.2 Å². The molecule has 2 aromatic carbocycles. The van der Waals surface area contributed by atoms with Crippen LogP contribution in [0.15, 0.2) is 47.5 Å². The topological polar surface area (TPSA) is 63.5 Å². The molecule has 0 atom stereocenters. The van der Waals surface area contributed by atoms with Gasteiger partial charge in [0.2, 0.25) is 0 Å². The summed E-state index contributed by atoms with van der Waals surface area (Å²) in [4.78, 5) is 8.77. The third kappa shape index (κ3) is 5.43. The van der Waals surface area contributed by atoms with Gasteiger partial charge in [0, 0.05) is 26.2 Å². The monoisotopic (exact) mass is 419 g/mol. The quantitative estimate of drug-likeness (QED) is 0.473. The van der Waals surface area contributed by atoms with Crippen molar-refractivity contribution in [1.29, 1.82) is 0 Å². The Morgan fingerprint density at radius 3 is 2.57 bits per heavy atom. The van der Waals surface area contributed by atoms with Gasteiger partial charge in [0.15, 0.2) is 12.6 Å². The fourth-order valence-electron chi connectivity index (χ4n) is 3.02. The fraction of sp³-hybridized carbons (Fsp3) is 0.333. The maximum Gasteiger partial charge on any atom is 0.422 e. The normalized spacial score (nSPS) is 12.3. The van der Waals surface area contributed by atoms with Gasteiger partial charge in [0.05, 0.1) is 17.6 Å². The van der Waals surface area contributed by atoms with E-state index in [-0.39, 0.29) is 12.3 Å². The number of alkyl halides is 3. The van der Waals surface area contributed by atoms with Gasteiger partial charge in [-0.2, -0.15) is 13.2 Å². The van der Waals surface area contributed by atoms with Crippen LogP contribution in [0.2, 0.25) is 0 Å². The van der Waals surface area contributed by atoms with E-state index in [4.69, 9.17) is 4.74 Å². The van der Waals surface area contributed by atoms with Crippen LogP contribution in [0.4, 0.5) is 13.2 Å². The Bertz CT molecular complexity index is 1040. The lowest BCUT2D eigenvalue weighted by molar-refractivity contribution is -0.153. The summed E-state index contributed by atoms with van der Waals surface area (Å²) in [5.41, 5.74) is 3.37. The highest BCUT2D eigenvalue weighted by Crippen LogP contribution is 2.23. The van der Waals surface area contributed by atoms with E-state index < -0.39 is 12.8 Å². The highest BCUT2D eigenvalue weighted by Gasteiger charge is 2.28. The van der Waals surface area contributed by atoms with Gasteiger partial charge in [-0.1, -0.05) is 24.3 Å². The number of fused-ring (bicyclic) bond motifs is 1. The molecule has 30 heavy (non-hydrogen) atoms. The number of aromatic nitrogens is 2.